The smallest absolute Gasteiger partial charge is 0.270 e. The van der Waals surface area contributed by atoms with Crippen LogP contribution >= 0.6 is 0 Å². The molecule has 0 aliphatic heterocycles. The van der Waals surface area contributed by atoms with Gasteiger partial charge in [-0.15, -0.1) is 0 Å². The van der Waals surface area contributed by atoms with Crippen molar-refractivity contribution in [3.63, 3.8) is 0 Å². The number of methoxy groups -OCH3 is 1. The first-order chi connectivity index (χ1) is 12.1. The number of aromatic nitrogens is 1. The number of benzene rings is 1. The molecule has 1 amide bonds. The fourth-order valence-electron chi connectivity index (χ4n) is 2.31. The van der Waals surface area contributed by atoms with Gasteiger partial charge in [0.2, 0.25) is 0 Å². The highest BCUT2D eigenvalue weighted by atomic mass is 16.5. The monoisotopic (exact) mass is 342 g/mol. The van der Waals surface area contributed by atoms with E-state index in [1.807, 2.05) is 30.3 Å². The third kappa shape index (κ3) is 6.43. The van der Waals surface area contributed by atoms with Crippen molar-refractivity contribution in [3.05, 3.63) is 53.9 Å². The van der Waals surface area contributed by atoms with E-state index in [4.69, 9.17) is 4.74 Å². The maximum absolute atomic E-state index is 12.3. The van der Waals surface area contributed by atoms with Crippen molar-refractivity contribution < 1.29 is 9.53 Å². The molecule has 0 aliphatic carbocycles. The molecule has 1 aromatic carbocycles. The summed E-state index contributed by atoms with van der Waals surface area (Å²) in [4.78, 5) is 18.6. The molecule has 0 radical (unpaired) electrons. The van der Waals surface area contributed by atoms with Crippen molar-refractivity contribution in [1.82, 2.24) is 15.2 Å². The standard InChI is InChI=1S/C19H26N4O2/c1-23(2)12-4-10-20-16-9-11-21-18(13-16)19(24)22-14-15-5-7-17(25-3)8-6-15/h5-9,11,13H,4,10,12,14H2,1-3H3,(H,20,21)(H,22,24). The highest BCUT2D eigenvalue weighted by Gasteiger charge is 2.08. The Balaban J connectivity index is 1.85. The SMILES string of the molecule is COc1ccc(CNC(=O)c2cc(NCCCN(C)C)ccn2)cc1. The van der Waals surface area contributed by atoms with Crippen LogP contribution in [0.3, 0.4) is 0 Å². The van der Waals surface area contributed by atoms with Crippen molar-refractivity contribution in [1.29, 1.82) is 0 Å². The van der Waals surface area contributed by atoms with E-state index in [-0.39, 0.29) is 5.91 Å². The van der Waals surface area contributed by atoms with Crippen LogP contribution in [0.1, 0.15) is 22.5 Å². The number of carbonyl (C=O) groups is 1. The average Bonchev–Trinajstić information content (AvgIpc) is 2.64. The largest absolute Gasteiger partial charge is 0.497 e. The molecule has 0 unspecified atom stereocenters. The van der Waals surface area contributed by atoms with Gasteiger partial charge in [-0.05, 0) is 56.9 Å². The Kier molecular flexibility index (Phi) is 7.22. The van der Waals surface area contributed by atoms with Crippen molar-refractivity contribution in [2.24, 2.45) is 0 Å². The van der Waals surface area contributed by atoms with Gasteiger partial charge in [0.1, 0.15) is 11.4 Å². The van der Waals surface area contributed by atoms with Crippen molar-refractivity contribution in [3.8, 4) is 5.75 Å². The Hall–Kier alpha value is -2.60. The summed E-state index contributed by atoms with van der Waals surface area (Å²) < 4.78 is 5.12. The molecule has 134 valence electrons. The topological polar surface area (TPSA) is 66.5 Å². The average molecular weight is 342 g/mol. The minimum Gasteiger partial charge on any atom is -0.497 e. The molecule has 25 heavy (non-hydrogen) atoms. The van der Waals surface area contributed by atoms with Gasteiger partial charge in [-0.25, -0.2) is 0 Å². The molecule has 1 aromatic heterocycles. The number of pyridine rings is 1. The molecule has 2 aromatic rings. The minimum atomic E-state index is -0.187. The first-order valence-electron chi connectivity index (χ1n) is 8.34. The predicted molar refractivity (Wildman–Crippen MR) is 100 cm³/mol. The molecule has 0 atom stereocenters. The number of carbonyl (C=O) groups excluding carboxylic acids is 1. The number of nitrogens with zero attached hydrogens (tertiary/aromatic N) is 2. The molecule has 1 heterocycles. The molecule has 0 saturated heterocycles. The molecule has 2 rings (SSSR count). The van der Waals surface area contributed by atoms with Crippen LogP contribution < -0.4 is 15.4 Å². The van der Waals surface area contributed by atoms with E-state index in [2.05, 4.69) is 34.6 Å². The maximum atomic E-state index is 12.3. The van der Waals surface area contributed by atoms with Crippen molar-refractivity contribution >= 4 is 11.6 Å². The fourth-order valence-corrected chi connectivity index (χ4v) is 2.31. The summed E-state index contributed by atoms with van der Waals surface area (Å²) in [6, 6.07) is 11.2. The number of rotatable bonds is 9. The second-order valence-electron chi connectivity index (χ2n) is 6.04. The van der Waals surface area contributed by atoms with Crippen LogP contribution in [0.2, 0.25) is 0 Å². The van der Waals surface area contributed by atoms with Gasteiger partial charge in [-0.3, -0.25) is 9.78 Å². The highest BCUT2D eigenvalue weighted by Crippen LogP contribution is 2.12. The van der Waals surface area contributed by atoms with Crippen LogP contribution in [-0.4, -0.2) is 50.1 Å². The van der Waals surface area contributed by atoms with Crippen LogP contribution in [0, 0.1) is 0 Å². The van der Waals surface area contributed by atoms with E-state index in [0.717, 1.165) is 36.5 Å². The number of nitrogens with one attached hydrogen (secondary N) is 2. The fraction of sp³-hybridized carbons (Fsp3) is 0.368. The number of amides is 1. The zero-order valence-electron chi connectivity index (χ0n) is 15.1. The summed E-state index contributed by atoms with van der Waals surface area (Å²) in [5.74, 6) is 0.609. The molecule has 0 aliphatic rings. The zero-order valence-corrected chi connectivity index (χ0v) is 15.1. The Bertz CT molecular complexity index is 671. The quantitative estimate of drug-likeness (QED) is 0.685. The molecule has 0 saturated carbocycles. The van der Waals surface area contributed by atoms with Gasteiger partial charge in [-0.1, -0.05) is 12.1 Å². The molecule has 0 bridgehead atoms. The molecule has 0 fully saturated rings. The van der Waals surface area contributed by atoms with E-state index < -0.39 is 0 Å². The van der Waals surface area contributed by atoms with Crippen LogP contribution in [0.15, 0.2) is 42.6 Å². The van der Waals surface area contributed by atoms with Gasteiger partial charge >= 0.3 is 0 Å². The molecule has 6 heteroatoms. The van der Waals surface area contributed by atoms with Crippen LogP contribution in [0.25, 0.3) is 0 Å². The zero-order chi connectivity index (χ0) is 18.1. The van der Waals surface area contributed by atoms with E-state index in [1.165, 1.54) is 0 Å². The predicted octanol–water partition coefficient (Wildman–Crippen LogP) is 2.38. The Morgan fingerprint density at radius 1 is 1.20 bits per heavy atom. The van der Waals surface area contributed by atoms with Crippen LogP contribution in [0.4, 0.5) is 5.69 Å². The lowest BCUT2D eigenvalue weighted by Gasteiger charge is -2.11. The van der Waals surface area contributed by atoms with Gasteiger partial charge in [-0.2, -0.15) is 0 Å². The van der Waals surface area contributed by atoms with Crippen LogP contribution in [0.5, 0.6) is 5.75 Å². The first-order valence-corrected chi connectivity index (χ1v) is 8.34. The molecular weight excluding hydrogens is 316 g/mol. The summed E-state index contributed by atoms with van der Waals surface area (Å²) in [5.41, 5.74) is 2.32. The second kappa shape index (κ2) is 9.64. The molecule has 2 N–H and O–H groups in total. The lowest BCUT2D eigenvalue weighted by molar-refractivity contribution is 0.0946. The van der Waals surface area contributed by atoms with E-state index >= 15 is 0 Å². The van der Waals surface area contributed by atoms with Crippen molar-refractivity contribution in [2.45, 2.75) is 13.0 Å². The Labute approximate surface area is 149 Å². The number of ether oxygens (including phenoxy) is 1. The summed E-state index contributed by atoms with van der Waals surface area (Å²) in [6.07, 6.45) is 2.69. The van der Waals surface area contributed by atoms with Gasteiger partial charge < -0.3 is 20.3 Å². The minimum absolute atomic E-state index is 0.187. The first kappa shape index (κ1) is 18.7. The molecule has 6 nitrogen and oxygen atoms in total. The summed E-state index contributed by atoms with van der Waals surface area (Å²) >= 11 is 0. The van der Waals surface area contributed by atoms with Gasteiger partial charge in [0.15, 0.2) is 0 Å². The summed E-state index contributed by atoms with van der Waals surface area (Å²) in [5, 5.41) is 6.21. The Morgan fingerprint density at radius 3 is 2.64 bits per heavy atom. The maximum Gasteiger partial charge on any atom is 0.270 e. The third-order valence-electron chi connectivity index (χ3n) is 3.72. The Morgan fingerprint density at radius 2 is 1.96 bits per heavy atom. The molecular formula is C19H26N4O2. The third-order valence-corrected chi connectivity index (χ3v) is 3.72. The lowest BCUT2D eigenvalue weighted by atomic mass is 10.2. The van der Waals surface area contributed by atoms with Crippen LogP contribution in [-0.2, 0) is 6.54 Å². The van der Waals surface area contributed by atoms with E-state index in [9.17, 15) is 4.79 Å². The van der Waals surface area contributed by atoms with E-state index in [0.29, 0.717) is 12.2 Å². The van der Waals surface area contributed by atoms with Crippen molar-refractivity contribution in [2.75, 3.05) is 39.6 Å². The van der Waals surface area contributed by atoms with Gasteiger partial charge in [0, 0.05) is 25.0 Å². The normalized spacial score (nSPS) is 10.6. The summed E-state index contributed by atoms with van der Waals surface area (Å²) in [6.45, 7) is 2.33. The number of hydrogen-bond donors (Lipinski definition) is 2. The van der Waals surface area contributed by atoms with Gasteiger partial charge in [0.05, 0.1) is 7.11 Å². The highest BCUT2D eigenvalue weighted by molar-refractivity contribution is 5.93. The molecule has 0 spiro atoms. The lowest BCUT2D eigenvalue weighted by Crippen LogP contribution is -2.24. The van der Waals surface area contributed by atoms with Gasteiger partial charge in [0.25, 0.3) is 5.91 Å². The van der Waals surface area contributed by atoms with E-state index in [1.54, 1.807) is 19.4 Å². The second-order valence-corrected chi connectivity index (χ2v) is 6.04. The number of anilines is 1. The summed E-state index contributed by atoms with van der Waals surface area (Å²) in [7, 11) is 5.74. The number of hydrogen-bond acceptors (Lipinski definition) is 5.